The van der Waals surface area contributed by atoms with E-state index in [1.54, 1.807) is 11.6 Å². The maximum Gasteiger partial charge on any atom is 0.332 e. The number of aryl methyl sites for hydroxylation is 1. The summed E-state index contributed by atoms with van der Waals surface area (Å²) in [5.41, 5.74) is -0.0380. The van der Waals surface area contributed by atoms with Crippen molar-refractivity contribution in [2.24, 2.45) is 20.0 Å². The lowest BCUT2D eigenvalue weighted by atomic mass is 10.0. The van der Waals surface area contributed by atoms with Crippen LogP contribution in [0.2, 0.25) is 5.28 Å². The van der Waals surface area contributed by atoms with Crippen LogP contribution in [0.5, 0.6) is 0 Å². The van der Waals surface area contributed by atoms with Gasteiger partial charge in [-0.3, -0.25) is 23.4 Å². The van der Waals surface area contributed by atoms with E-state index >= 15 is 0 Å². The second-order valence-corrected chi connectivity index (χ2v) is 6.49. The van der Waals surface area contributed by atoms with Crippen molar-refractivity contribution in [2.45, 2.75) is 26.4 Å². The van der Waals surface area contributed by atoms with Crippen LogP contribution in [0.3, 0.4) is 0 Å². The van der Waals surface area contributed by atoms with Gasteiger partial charge in [0.15, 0.2) is 11.2 Å². The van der Waals surface area contributed by atoms with Gasteiger partial charge in [0.25, 0.3) is 5.56 Å². The summed E-state index contributed by atoms with van der Waals surface area (Å²) >= 11 is 6.23. The molecular weight excluding hydrogens is 306 g/mol. The summed E-state index contributed by atoms with van der Waals surface area (Å²) in [7, 11) is 3.07. The molecule has 1 aliphatic rings. The predicted molar refractivity (Wildman–Crippen MR) is 85.2 cm³/mol. The minimum absolute atomic E-state index is 0.242. The Morgan fingerprint density at radius 3 is 2.68 bits per heavy atom. The fourth-order valence-corrected chi connectivity index (χ4v) is 3.38. The van der Waals surface area contributed by atoms with E-state index < -0.39 is 5.69 Å². The van der Waals surface area contributed by atoms with Crippen LogP contribution < -0.4 is 11.2 Å². The van der Waals surface area contributed by atoms with E-state index in [1.807, 2.05) is 0 Å². The van der Waals surface area contributed by atoms with Crippen LogP contribution in [0.4, 0.5) is 0 Å². The van der Waals surface area contributed by atoms with E-state index in [1.165, 1.54) is 18.0 Å². The first-order chi connectivity index (χ1) is 10.4. The molecule has 0 spiro atoms. The maximum atomic E-state index is 12.5. The molecule has 0 radical (unpaired) electrons. The summed E-state index contributed by atoms with van der Waals surface area (Å²) in [5, 5.41) is 0.242. The third kappa shape index (κ3) is 2.38. The SMILES string of the molecule is CC1CCCN(Cn2c(Cl)nc3c2c(=O)n(C)c(=O)n3C)C1. The minimum Gasteiger partial charge on any atom is -0.295 e. The molecule has 1 saturated heterocycles. The molecule has 0 N–H and O–H groups in total. The van der Waals surface area contributed by atoms with Crippen LogP contribution in [0, 0.1) is 5.92 Å². The van der Waals surface area contributed by atoms with E-state index in [2.05, 4.69) is 16.8 Å². The Morgan fingerprint density at radius 1 is 1.27 bits per heavy atom. The topological polar surface area (TPSA) is 65.1 Å². The minimum atomic E-state index is -0.398. The summed E-state index contributed by atoms with van der Waals surface area (Å²) in [6, 6.07) is 0. The van der Waals surface area contributed by atoms with Crippen molar-refractivity contribution >= 4 is 22.8 Å². The van der Waals surface area contributed by atoms with Gasteiger partial charge in [-0.05, 0) is 36.9 Å². The highest BCUT2D eigenvalue weighted by atomic mass is 35.5. The standard InChI is InChI=1S/C14H20ClN5O2/c1-9-5-4-6-19(7-9)8-20-10-11(16-13(20)15)17(2)14(22)18(3)12(10)21/h9H,4-8H2,1-3H3. The van der Waals surface area contributed by atoms with E-state index in [0.29, 0.717) is 23.8 Å². The highest BCUT2D eigenvalue weighted by Gasteiger charge is 2.22. The third-order valence-corrected chi connectivity index (χ3v) is 4.67. The average molecular weight is 326 g/mol. The second kappa shape index (κ2) is 5.55. The molecule has 0 amide bonds. The zero-order chi connectivity index (χ0) is 16.0. The quantitative estimate of drug-likeness (QED) is 0.765. The second-order valence-electron chi connectivity index (χ2n) is 6.15. The Kier molecular flexibility index (Phi) is 3.86. The molecule has 2 aromatic rings. The number of nitrogens with zero attached hydrogens (tertiary/aromatic N) is 5. The van der Waals surface area contributed by atoms with E-state index in [-0.39, 0.29) is 10.8 Å². The molecule has 22 heavy (non-hydrogen) atoms. The number of halogens is 1. The van der Waals surface area contributed by atoms with Crippen molar-refractivity contribution in [3.8, 4) is 0 Å². The molecule has 0 bridgehead atoms. The normalized spacial score (nSPS) is 19.9. The van der Waals surface area contributed by atoms with Gasteiger partial charge in [0.2, 0.25) is 5.28 Å². The number of imidazole rings is 1. The van der Waals surface area contributed by atoms with Gasteiger partial charge in [0.1, 0.15) is 0 Å². The van der Waals surface area contributed by atoms with Crippen LogP contribution in [0.25, 0.3) is 11.2 Å². The Hall–Kier alpha value is -1.60. The molecule has 3 heterocycles. The monoisotopic (exact) mass is 325 g/mol. The Morgan fingerprint density at radius 2 is 2.00 bits per heavy atom. The lowest BCUT2D eigenvalue weighted by Crippen LogP contribution is -2.39. The van der Waals surface area contributed by atoms with Crippen LogP contribution >= 0.6 is 11.6 Å². The summed E-state index contributed by atoms with van der Waals surface area (Å²) in [6.45, 7) is 4.70. The molecule has 0 aliphatic carbocycles. The number of piperidine rings is 1. The predicted octanol–water partition coefficient (Wildman–Crippen LogP) is 0.776. The fourth-order valence-electron chi connectivity index (χ4n) is 3.16. The molecule has 3 rings (SSSR count). The fraction of sp³-hybridized carbons (Fsp3) is 0.643. The van der Waals surface area contributed by atoms with Gasteiger partial charge in [0, 0.05) is 20.6 Å². The van der Waals surface area contributed by atoms with Gasteiger partial charge in [-0.25, -0.2) is 4.79 Å². The first-order valence-corrected chi connectivity index (χ1v) is 7.82. The van der Waals surface area contributed by atoms with Gasteiger partial charge in [-0.2, -0.15) is 4.98 Å². The number of likely N-dealkylation sites (tertiary alicyclic amines) is 1. The van der Waals surface area contributed by atoms with Gasteiger partial charge in [-0.15, -0.1) is 0 Å². The molecule has 1 unspecified atom stereocenters. The summed E-state index contributed by atoms with van der Waals surface area (Å²) in [5.74, 6) is 0.634. The van der Waals surface area contributed by atoms with Crippen LogP contribution in [0.1, 0.15) is 19.8 Å². The molecule has 1 atom stereocenters. The average Bonchev–Trinajstić information content (AvgIpc) is 2.80. The van der Waals surface area contributed by atoms with Crippen molar-refractivity contribution in [1.82, 2.24) is 23.6 Å². The summed E-state index contributed by atoms with van der Waals surface area (Å²) in [4.78, 5) is 30.9. The lowest BCUT2D eigenvalue weighted by molar-refractivity contribution is 0.148. The number of aromatic nitrogens is 4. The van der Waals surface area contributed by atoms with Crippen molar-refractivity contribution < 1.29 is 0 Å². The summed E-state index contributed by atoms with van der Waals surface area (Å²) < 4.78 is 4.16. The van der Waals surface area contributed by atoms with E-state index in [0.717, 1.165) is 24.1 Å². The van der Waals surface area contributed by atoms with Crippen molar-refractivity contribution in [1.29, 1.82) is 0 Å². The van der Waals surface area contributed by atoms with Gasteiger partial charge in [-0.1, -0.05) is 6.92 Å². The summed E-state index contributed by atoms with van der Waals surface area (Å²) in [6.07, 6.45) is 2.37. The van der Waals surface area contributed by atoms with Crippen molar-refractivity contribution in [3.63, 3.8) is 0 Å². The molecule has 7 nitrogen and oxygen atoms in total. The molecule has 1 aliphatic heterocycles. The van der Waals surface area contributed by atoms with Crippen LogP contribution in [-0.2, 0) is 20.8 Å². The van der Waals surface area contributed by atoms with Crippen LogP contribution in [-0.4, -0.2) is 36.7 Å². The molecule has 0 saturated carbocycles. The smallest absolute Gasteiger partial charge is 0.295 e. The molecule has 120 valence electrons. The van der Waals surface area contributed by atoms with Crippen molar-refractivity contribution in [2.75, 3.05) is 13.1 Å². The number of rotatable bonds is 2. The highest BCUT2D eigenvalue weighted by molar-refractivity contribution is 6.29. The molecular formula is C14H20ClN5O2. The van der Waals surface area contributed by atoms with Gasteiger partial charge >= 0.3 is 5.69 Å². The largest absolute Gasteiger partial charge is 0.332 e. The van der Waals surface area contributed by atoms with Gasteiger partial charge in [0.05, 0.1) is 6.67 Å². The van der Waals surface area contributed by atoms with E-state index in [9.17, 15) is 9.59 Å². The number of fused-ring (bicyclic) bond motifs is 1. The van der Waals surface area contributed by atoms with Crippen molar-refractivity contribution in [3.05, 3.63) is 26.1 Å². The molecule has 2 aromatic heterocycles. The maximum absolute atomic E-state index is 12.5. The number of hydrogen-bond donors (Lipinski definition) is 0. The molecule has 0 aromatic carbocycles. The number of hydrogen-bond acceptors (Lipinski definition) is 4. The van der Waals surface area contributed by atoms with Crippen LogP contribution in [0.15, 0.2) is 9.59 Å². The van der Waals surface area contributed by atoms with Gasteiger partial charge < -0.3 is 0 Å². The highest BCUT2D eigenvalue weighted by Crippen LogP contribution is 2.20. The Labute approximate surface area is 132 Å². The Balaban J connectivity index is 2.12. The Bertz CT molecular complexity index is 834. The lowest BCUT2D eigenvalue weighted by Gasteiger charge is -2.31. The third-order valence-electron chi connectivity index (χ3n) is 4.38. The zero-order valence-electron chi connectivity index (χ0n) is 13.0. The molecule has 8 heteroatoms. The molecule has 1 fully saturated rings. The zero-order valence-corrected chi connectivity index (χ0v) is 13.8. The first kappa shape index (κ1) is 15.3. The first-order valence-electron chi connectivity index (χ1n) is 7.44. The van der Waals surface area contributed by atoms with E-state index in [4.69, 9.17) is 11.6 Å².